The number of hydrogen-bond acceptors (Lipinski definition) is 3. The average molecular weight is 355 g/mol. The molecule has 0 amide bonds. The summed E-state index contributed by atoms with van der Waals surface area (Å²) >= 11 is 11.8. The lowest BCUT2D eigenvalue weighted by Crippen LogP contribution is -2.47. The number of ether oxygens (including phenoxy) is 2. The van der Waals surface area contributed by atoms with Crippen molar-refractivity contribution in [2.45, 2.75) is 26.6 Å². The third-order valence-corrected chi connectivity index (χ3v) is 3.74. The van der Waals surface area contributed by atoms with Crippen LogP contribution in [0.4, 0.5) is 0 Å². The molecule has 0 aliphatic rings. The summed E-state index contributed by atoms with van der Waals surface area (Å²) in [6.45, 7) is 4.89. The van der Waals surface area contributed by atoms with Gasteiger partial charge in [-0.15, -0.1) is 0 Å². The normalized spacial score (nSPS) is 11.2. The lowest BCUT2D eigenvalue weighted by molar-refractivity contribution is -0.181. The number of hydrogen-bond donors (Lipinski definition) is 1. The number of rotatable bonds is 5. The van der Waals surface area contributed by atoms with Crippen LogP contribution in [-0.4, -0.2) is 16.9 Å². The third kappa shape index (κ3) is 4.09. The maximum atomic E-state index is 11.7. The number of carboxylic acid groups (broad SMARTS) is 1. The Hall–Kier alpha value is -1.91. The van der Waals surface area contributed by atoms with E-state index < -0.39 is 11.8 Å². The second-order valence-electron chi connectivity index (χ2n) is 5.27. The summed E-state index contributed by atoms with van der Waals surface area (Å²) in [4.78, 5) is 11.7. The van der Waals surface area contributed by atoms with Crippen LogP contribution >= 0.6 is 23.2 Å². The van der Waals surface area contributed by atoms with Crippen LogP contribution in [0.15, 0.2) is 36.4 Å². The van der Waals surface area contributed by atoms with Crippen molar-refractivity contribution in [3.8, 4) is 11.5 Å². The van der Waals surface area contributed by atoms with E-state index in [1.165, 1.54) is 6.92 Å². The minimum Gasteiger partial charge on any atom is -0.475 e. The summed E-state index contributed by atoms with van der Waals surface area (Å²) in [5.41, 5.74) is 1.42. The molecule has 0 aromatic heterocycles. The Bertz CT molecular complexity index is 690. The number of aliphatic carboxylic acids is 1. The van der Waals surface area contributed by atoms with E-state index in [4.69, 9.17) is 32.7 Å². The molecule has 0 spiro atoms. The predicted molar refractivity (Wildman–Crippen MR) is 89.7 cm³/mol. The minimum absolute atomic E-state index is 0.380. The van der Waals surface area contributed by atoms with Crippen LogP contribution in [0.1, 0.15) is 18.1 Å². The van der Waals surface area contributed by atoms with Crippen LogP contribution in [0, 0.1) is 13.8 Å². The molecule has 2 rings (SSSR count). The van der Waals surface area contributed by atoms with Crippen molar-refractivity contribution >= 4 is 29.2 Å². The van der Waals surface area contributed by atoms with Gasteiger partial charge in [0, 0.05) is 17.0 Å². The largest absolute Gasteiger partial charge is 0.475 e. The zero-order chi connectivity index (χ0) is 17.2. The Labute approximate surface area is 144 Å². The van der Waals surface area contributed by atoms with Crippen LogP contribution in [0.3, 0.4) is 0 Å². The summed E-state index contributed by atoms with van der Waals surface area (Å²) in [6, 6.07) is 9.84. The summed E-state index contributed by atoms with van der Waals surface area (Å²) in [5, 5.41) is 10.6. The van der Waals surface area contributed by atoms with E-state index in [-0.39, 0.29) is 0 Å². The van der Waals surface area contributed by atoms with Crippen molar-refractivity contribution in [2.75, 3.05) is 0 Å². The van der Waals surface area contributed by atoms with Crippen LogP contribution in [0.2, 0.25) is 10.0 Å². The number of carbonyl (C=O) groups is 1. The van der Waals surface area contributed by atoms with E-state index in [2.05, 4.69) is 0 Å². The summed E-state index contributed by atoms with van der Waals surface area (Å²) in [6.07, 6.45) is 0. The highest BCUT2D eigenvalue weighted by Crippen LogP contribution is 2.30. The topological polar surface area (TPSA) is 55.8 Å². The molecule has 1 N–H and O–H groups in total. The van der Waals surface area contributed by atoms with Crippen molar-refractivity contribution in [1.29, 1.82) is 0 Å². The van der Waals surface area contributed by atoms with Crippen molar-refractivity contribution in [3.05, 3.63) is 57.6 Å². The van der Waals surface area contributed by atoms with E-state index in [1.54, 1.807) is 50.2 Å². The molecule has 0 atom stereocenters. The highest BCUT2D eigenvalue weighted by atomic mass is 35.5. The Morgan fingerprint density at radius 2 is 1.35 bits per heavy atom. The first kappa shape index (κ1) is 17.4. The zero-order valence-electron chi connectivity index (χ0n) is 12.9. The summed E-state index contributed by atoms with van der Waals surface area (Å²) in [5.74, 6) is -2.38. The maximum Gasteiger partial charge on any atom is 0.390 e. The SMILES string of the molecule is Cc1cc(Cl)ccc1OC(C)(Oc1ccc(Cl)cc1C)C(=O)O. The van der Waals surface area contributed by atoms with Gasteiger partial charge in [0.05, 0.1) is 0 Å². The van der Waals surface area contributed by atoms with Crippen LogP contribution < -0.4 is 9.47 Å². The molecular formula is C17H16Cl2O4. The van der Waals surface area contributed by atoms with Gasteiger partial charge in [-0.25, -0.2) is 4.79 Å². The molecule has 23 heavy (non-hydrogen) atoms. The van der Waals surface area contributed by atoms with Crippen molar-refractivity contribution in [2.24, 2.45) is 0 Å². The molecule has 0 aliphatic carbocycles. The number of aryl methyl sites for hydroxylation is 2. The van der Waals surface area contributed by atoms with Gasteiger partial charge >= 0.3 is 11.8 Å². The molecule has 2 aromatic carbocycles. The van der Waals surface area contributed by atoms with Gasteiger partial charge in [0.1, 0.15) is 11.5 Å². The maximum absolute atomic E-state index is 11.7. The molecule has 6 heteroatoms. The Kier molecular flexibility index (Phi) is 5.07. The van der Waals surface area contributed by atoms with Gasteiger partial charge < -0.3 is 14.6 Å². The van der Waals surface area contributed by atoms with Gasteiger partial charge in [0.15, 0.2) is 0 Å². The molecule has 122 valence electrons. The summed E-state index contributed by atoms with van der Waals surface area (Å²) < 4.78 is 11.2. The number of halogens is 2. The van der Waals surface area contributed by atoms with Crippen LogP contribution in [0.25, 0.3) is 0 Å². The zero-order valence-corrected chi connectivity index (χ0v) is 14.4. The number of benzene rings is 2. The molecule has 0 bridgehead atoms. The molecule has 2 aromatic rings. The van der Waals surface area contributed by atoms with E-state index in [1.807, 2.05) is 0 Å². The fourth-order valence-corrected chi connectivity index (χ4v) is 2.44. The Morgan fingerprint density at radius 3 is 1.65 bits per heavy atom. The molecule has 0 unspecified atom stereocenters. The van der Waals surface area contributed by atoms with Crippen molar-refractivity contribution in [3.63, 3.8) is 0 Å². The lowest BCUT2D eigenvalue weighted by atomic mass is 10.2. The van der Waals surface area contributed by atoms with E-state index >= 15 is 0 Å². The monoisotopic (exact) mass is 354 g/mol. The van der Waals surface area contributed by atoms with Gasteiger partial charge in [-0.1, -0.05) is 23.2 Å². The van der Waals surface area contributed by atoms with E-state index in [0.29, 0.717) is 32.7 Å². The Morgan fingerprint density at radius 1 is 0.957 bits per heavy atom. The van der Waals surface area contributed by atoms with E-state index in [9.17, 15) is 9.90 Å². The fourth-order valence-electron chi connectivity index (χ4n) is 1.98. The Balaban J connectivity index is 2.33. The highest BCUT2D eigenvalue weighted by molar-refractivity contribution is 6.31. The van der Waals surface area contributed by atoms with Gasteiger partial charge in [0.2, 0.25) is 0 Å². The van der Waals surface area contributed by atoms with Crippen LogP contribution in [-0.2, 0) is 4.79 Å². The molecule has 0 saturated heterocycles. The van der Waals surface area contributed by atoms with Gasteiger partial charge in [-0.05, 0) is 61.4 Å². The molecule has 0 aliphatic heterocycles. The molecule has 0 heterocycles. The first-order valence-electron chi connectivity index (χ1n) is 6.85. The van der Waals surface area contributed by atoms with Gasteiger partial charge in [-0.2, -0.15) is 0 Å². The quantitative estimate of drug-likeness (QED) is 0.778. The standard InChI is InChI=1S/C17H16Cl2O4/c1-10-8-12(18)4-6-14(10)22-17(3,16(20)21)23-15-7-5-13(19)9-11(15)2/h4-9H,1-3H3,(H,20,21). The lowest BCUT2D eigenvalue weighted by Gasteiger charge is -2.28. The van der Waals surface area contributed by atoms with Gasteiger partial charge in [-0.3, -0.25) is 0 Å². The minimum atomic E-state index is -1.89. The first-order valence-corrected chi connectivity index (χ1v) is 7.60. The average Bonchev–Trinajstić information content (AvgIpc) is 2.45. The highest BCUT2D eigenvalue weighted by Gasteiger charge is 2.39. The molecule has 0 radical (unpaired) electrons. The molecule has 0 fully saturated rings. The van der Waals surface area contributed by atoms with E-state index in [0.717, 1.165) is 0 Å². The fraction of sp³-hybridized carbons (Fsp3) is 0.235. The molecule has 4 nitrogen and oxygen atoms in total. The first-order chi connectivity index (χ1) is 10.7. The second-order valence-corrected chi connectivity index (χ2v) is 6.15. The van der Waals surface area contributed by atoms with Crippen molar-refractivity contribution in [1.82, 2.24) is 0 Å². The molecule has 0 saturated carbocycles. The third-order valence-electron chi connectivity index (χ3n) is 3.27. The second kappa shape index (κ2) is 6.69. The molecular weight excluding hydrogens is 339 g/mol. The number of carboxylic acids is 1. The van der Waals surface area contributed by atoms with Gasteiger partial charge in [0.25, 0.3) is 0 Å². The smallest absolute Gasteiger partial charge is 0.390 e. The van der Waals surface area contributed by atoms with Crippen molar-refractivity contribution < 1.29 is 19.4 Å². The van der Waals surface area contributed by atoms with Crippen LogP contribution in [0.5, 0.6) is 11.5 Å². The summed E-state index contributed by atoms with van der Waals surface area (Å²) in [7, 11) is 0. The predicted octanol–water partition coefficient (Wildman–Crippen LogP) is 4.87.